The SMILES string of the molecule is CC(C)(C)S(=O)(=O)Nc1ccc(CNc2ccccc2F)cc1. The van der Waals surface area contributed by atoms with Gasteiger partial charge in [-0.3, -0.25) is 4.72 Å². The quantitative estimate of drug-likeness (QED) is 0.868. The summed E-state index contributed by atoms with van der Waals surface area (Å²) in [5.74, 6) is -0.304. The molecule has 4 nitrogen and oxygen atoms in total. The van der Waals surface area contributed by atoms with E-state index in [1.54, 1.807) is 63.2 Å². The summed E-state index contributed by atoms with van der Waals surface area (Å²) in [5.41, 5.74) is 1.87. The molecule has 0 atom stereocenters. The van der Waals surface area contributed by atoms with E-state index in [0.29, 0.717) is 17.9 Å². The molecule has 0 bridgehead atoms. The molecular weight excluding hydrogens is 315 g/mol. The third-order valence-electron chi connectivity index (χ3n) is 3.37. The predicted molar refractivity (Wildman–Crippen MR) is 92.5 cm³/mol. The topological polar surface area (TPSA) is 58.2 Å². The van der Waals surface area contributed by atoms with Crippen molar-refractivity contribution in [1.29, 1.82) is 0 Å². The smallest absolute Gasteiger partial charge is 0.237 e. The van der Waals surface area contributed by atoms with Crippen LogP contribution in [-0.2, 0) is 16.6 Å². The van der Waals surface area contributed by atoms with E-state index in [2.05, 4.69) is 10.0 Å². The largest absolute Gasteiger partial charge is 0.379 e. The summed E-state index contributed by atoms with van der Waals surface area (Å²) in [6.45, 7) is 5.37. The van der Waals surface area contributed by atoms with Gasteiger partial charge in [-0.1, -0.05) is 24.3 Å². The maximum absolute atomic E-state index is 13.5. The summed E-state index contributed by atoms with van der Waals surface area (Å²) in [4.78, 5) is 0. The van der Waals surface area contributed by atoms with Gasteiger partial charge in [0.25, 0.3) is 0 Å². The second kappa shape index (κ2) is 6.58. The van der Waals surface area contributed by atoms with Crippen LogP contribution in [0.2, 0.25) is 0 Å². The second-order valence-corrected chi connectivity index (χ2v) is 8.68. The van der Waals surface area contributed by atoms with Gasteiger partial charge in [0.15, 0.2) is 0 Å². The molecule has 0 fully saturated rings. The number of hydrogen-bond donors (Lipinski definition) is 2. The zero-order chi connectivity index (χ0) is 17.1. The lowest BCUT2D eigenvalue weighted by Crippen LogP contribution is -2.33. The van der Waals surface area contributed by atoms with Gasteiger partial charge in [-0.2, -0.15) is 0 Å². The molecule has 23 heavy (non-hydrogen) atoms. The Kier molecular flexibility index (Phi) is 4.94. The van der Waals surface area contributed by atoms with Crippen molar-refractivity contribution in [3.8, 4) is 0 Å². The molecule has 0 saturated carbocycles. The molecule has 0 aliphatic carbocycles. The average molecular weight is 336 g/mol. The molecule has 6 heteroatoms. The third kappa shape index (κ3) is 4.45. The Hall–Kier alpha value is -2.08. The lowest BCUT2D eigenvalue weighted by Gasteiger charge is -2.20. The highest BCUT2D eigenvalue weighted by Crippen LogP contribution is 2.20. The summed E-state index contributed by atoms with van der Waals surface area (Å²) >= 11 is 0. The van der Waals surface area contributed by atoms with Gasteiger partial charge in [0.1, 0.15) is 5.82 Å². The monoisotopic (exact) mass is 336 g/mol. The first-order valence-electron chi connectivity index (χ1n) is 7.29. The van der Waals surface area contributed by atoms with Gasteiger partial charge in [-0.25, -0.2) is 12.8 Å². The minimum atomic E-state index is -3.44. The highest BCUT2D eigenvalue weighted by atomic mass is 32.2. The summed E-state index contributed by atoms with van der Waals surface area (Å²) in [6, 6.07) is 13.5. The number of hydrogen-bond acceptors (Lipinski definition) is 3. The molecule has 2 rings (SSSR count). The van der Waals surface area contributed by atoms with E-state index in [1.165, 1.54) is 6.07 Å². The Balaban J connectivity index is 2.02. The van der Waals surface area contributed by atoms with Crippen LogP contribution in [0.15, 0.2) is 48.5 Å². The lowest BCUT2D eigenvalue weighted by atomic mass is 10.2. The zero-order valence-corrected chi connectivity index (χ0v) is 14.2. The molecular formula is C17H21FN2O2S. The Labute approximate surface area is 136 Å². The highest BCUT2D eigenvalue weighted by molar-refractivity contribution is 7.94. The normalized spacial score (nSPS) is 12.0. The van der Waals surface area contributed by atoms with Crippen LogP contribution in [0.3, 0.4) is 0 Å². The summed E-state index contributed by atoms with van der Waals surface area (Å²) in [7, 11) is -3.44. The standard InChI is InChI=1S/C17H21FN2O2S/c1-17(2,3)23(21,22)20-14-10-8-13(9-11-14)12-19-16-7-5-4-6-15(16)18/h4-11,19-20H,12H2,1-3H3. The second-order valence-electron chi connectivity index (χ2n) is 6.25. The molecule has 0 amide bonds. The van der Waals surface area contributed by atoms with Gasteiger partial charge in [0.2, 0.25) is 10.0 Å². The fourth-order valence-corrected chi connectivity index (χ4v) is 2.55. The van der Waals surface area contributed by atoms with E-state index in [1.807, 2.05) is 0 Å². The molecule has 0 spiro atoms. The Bertz CT molecular complexity index is 766. The first-order chi connectivity index (χ1) is 10.7. The Morgan fingerprint density at radius 2 is 1.61 bits per heavy atom. The molecule has 0 aromatic heterocycles. The molecule has 0 radical (unpaired) electrons. The summed E-state index contributed by atoms with van der Waals surface area (Å²) in [5, 5.41) is 3.01. The van der Waals surface area contributed by atoms with Crippen LogP contribution in [0.25, 0.3) is 0 Å². The number of benzene rings is 2. The average Bonchev–Trinajstić information content (AvgIpc) is 2.46. The molecule has 0 heterocycles. The van der Waals surface area contributed by atoms with Crippen LogP contribution in [0, 0.1) is 5.82 Å². The fraction of sp³-hybridized carbons (Fsp3) is 0.294. The number of sulfonamides is 1. The van der Waals surface area contributed by atoms with E-state index < -0.39 is 14.8 Å². The molecule has 0 aliphatic rings. The summed E-state index contributed by atoms with van der Waals surface area (Å²) in [6.07, 6.45) is 0. The van der Waals surface area contributed by atoms with Crippen molar-refractivity contribution in [3.63, 3.8) is 0 Å². The van der Waals surface area contributed by atoms with Crippen molar-refractivity contribution >= 4 is 21.4 Å². The first kappa shape index (κ1) is 17.3. The number of halogens is 1. The van der Waals surface area contributed by atoms with Gasteiger partial charge in [-0.05, 0) is 50.6 Å². The van der Waals surface area contributed by atoms with Gasteiger partial charge in [0, 0.05) is 12.2 Å². The van der Waals surface area contributed by atoms with E-state index in [9.17, 15) is 12.8 Å². The Morgan fingerprint density at radius 3 is 2.17 bits per heavy atom. The van der Waals surface area contributed by atoms with Gasteiger partial charge < -0.3 is 5.32 Å². The van der Waals surface area contributed by atoms with Crippen molar-refractivity contribution in [1.82, 2.24) is 0 Å². The molecule has 2 N–H and O–H groups in total. The number of rotatable bonds is 5. The van der Waals surface area contributed by atoms with E-state index >= 15 is 0 Å². The van der Waals surface area contributed by atoms with Crippen LogP contribution in [-0.4, -0.2) is 13.2 Å². The lowest BCUT2D eigenvalue weighted by molar-refractivity contribution is 0.566. The number of para-hydroxylation sites is 1. The third-order valence-corrected chi connectivity index (χ3v) is 5.49. The van der Waals surface area contributed by atoms with Gasteiger partial charge >= 0.3 is 0 Å². The first-order valence-corrected chi connectivity index (χ1v) is 8.77. The predicted octanol–water partition coefficient (Wildman–Crippen LogP) is 3.98. The van der Waals surface area contributed by atoms with Gasteiger partial charge in [-0.15, -0.1) is 0 Å². The van der Waals surface area contributed by atoms with Crippen molar-refractivity contribution in [2.45, 2.75) is 32.1 Å². The van der Waals surface area contributed by atoms with Crippen molar-refractivity contribution in [2.24, 2.45) is 0 Å². The van der Waals surface area contributed by atoms with Crippen LogP contribution >= 0.6 is 0 Å². The Morgan fingerprint density at radius 1 is 1.00 bits per heavy atom. The van der Waals surface area contributed by atoms with Gasteiger partial charge in [0.05, 0.1) is 10.4 Å². The molecule has 124 valence electrons. The van der Waals surface area contributed by atoms with Crippen LogP contribution in [0.5, 0.6) is 0 Å². The van der Waals surface area contributed by atoms with E-state index in [-0.39, 0.29) is 5.82 Å². The number of nitrogens with one attached hydrogen (secondary N) is 2. The van der Waals surface area contributed by atoms with Crippen LogP contribution in [0.4, 0.5) is 15.8 Å². The fourth-order valence-electron chi connectivity index (χ4n) is 1.80. The van der Waals surface area contributed by atoms with E-state index in [4.69, 9.17) is 0 Å². The number of anilines is 2. The molecule has 2 aromatic rings. The van der Waals surface area contributed by atoms with Crippen molar-refractivity contribution < 1.29 is 12.8 Å². The van der Waals surface area contributed by atoms with Crippen LogP contribution < -0.4 is 10.0 Å². The zero-order valence-electron chi connectivity index (χ0n) is 13.4. The maximum Gasteiger partial charge on any atom is 0.237 e. The van der Waals surface area contributed by atoms with Crippen LogP contribution in [0.1, 0.15) is 26.3 Å². The maximum atomic E-state index is 13.5. The minimum Gasteiger partial charge on any atom is -0.379 e. The highest BCUT2D eigenvalue weighted by Gasteiger charge is 2.28. The summed E-state index contributed by atoms with van der Waals surface area (Å²) < 4.78 is 39.4. The minimum absolute atomic E-state index is 0.304. The van der Waals surface area contributed by atoms with Crippen molar-refractivity contribution in [3.05, 3.63) is 59.9 Å². The molecule has 0 aliphatic heterocycles. The molecule has 0 saturated heterocycles. The van der Waals surface area contributed by atoms with E-state index in [0.717, 1.165) is 5.56 Å². The molecule has 2 aromatic carbocycles. The molecule has 0 unspecified atom stereocenters. The van der Waals surface area contributed by atoms with Crippen molar-refractivity contribution in [2.75, 3.05) is 10.0 Å².